The Kier molecular flexibility index (Phi) is 5.78. The molecule has 0 unspecified atom stereocenters. The maximum absolute atomic E-state index is 13.2. The highest BCUT2D eigenvalue weighted by Crippen LogP contribution is 2.22. The third-order valence-corrected chi connectivity index (χ3v) is 4.50. The van der Waals surface area contributed by atoms with Crippen molar-refractivity contribution in [3.05, 3.63) is 95.3 Å². The van der Waals surface area contributed by atoms with Crippen LogP contribution in [0.15, 0.2) is 72.8 Å². The van der Waals surface area contributed by atoms with E-state index in [1.165, 1.54) is 24.3 Å². The minimum absolute atomic E-state index is 0.0286. The van der Waals surface area contributed by atoms with Crippen LogP contribution >= 0.6 is 0 Å². The van der Waals surface area contributed by atoms with Gasteiger partial charge in [-0.2, -0.15) is 0 Å². The number of anilines is 2. The van der Waals surface area contributed by atoms with Gasteiger partial charge in [0.1, 0.15) is 5.82 Å². The standard InChI is InChI=1S/C24H23FN2O2/c1-24(2,3)18-9-7-16(8-10-18)22(28)26-20-11-13-21(14-12-20)27-23(29)17-5-4-6-19(25)15-17/h4-15H,1-3H3,(H,26,28)(H,27,29). The summed E-state index contributed by atoms with van der Waals surface area (Å²) in [5.41, 5.74) is 3.15. The highest BCUT2D eigenvalue weighted by Gasteiger charge is 2.14. The summed E-state index contributed by atoms with van der Waals surface area (Å²) in [7, 11) is 0. The van der Waals surface area contributed by atoms with Gasteiger partial charge in [0.05, 0.1) is 0 Å². The van der Waals surface area contributed by atoms with Crippen molar-refractivity contribution in [2.75, 3.05) is 10.6 Å². The summed E-state index contributed by atoms with van der Waals surface area (Å²) in [6, 6.07) is 19.8. The second-order valence-corrected chi connectivity index (χ2v) is 7.82. The van der Waals surface area contributed by atoms with Crippen molar-refractivity contribution in [2.45, 2.75) is 26.2 Å². The lowest BCUT2D eigenvalue weighted by atomic mass is 9.87. The molecule has 5 heteroatoms. The van der Waals surface area contributed by atoms with Gasteiger partial charge in [-0.15, -0.1) is 0 Å². The quantitative estimate of drug-likeness (QED) is 0.607. The lowest BCUT2D eigenvalue weighted by molar-refractivity contribution is 0.101. The number of amides is 2. The summed E-state index contributed by atoms with van der Waals surface area (Å²) in [6.07, 6.45) is 0. The Labute approximate surface area is 169 Å². The monoisotopic (exact) mass is 390 g/mol. The lowest BCUT2D eigenvalue weighted by Gasteiger charge is -2.19. The third kappa shape index (κ3) is 5.29. The van der Waals surface area contributed by atoms with Gasteiger partial charge in [-0.1, -0.05) is 39.0 Å². The minimum Gasteiger partial charge on any atom is -0.322 e. The van der Waals surface area contributed by atoms with Gasteiger partial charge in [-0.25, -0.2) is 4.39 Å². The molecule has 148 valence electrons. The molecule has 0 heterocycles. The van der Waals surface area contributed by atoms with E-state index in [0.29, 0.717) is 16.9 Å². The van der Waals surface area contributed by atoms with Crippen LogP contribution in [0.25, 0.3) is 0 Å². The van der Waals surface area contributed by atoms with E-state index in [-0.39, 0.29) is 16.9 Å². The number of hydrogen-bond donors (Lipinski definition) is 2. The Morgan fingerprint density at radius 1 is 0.724 bits per heavy atom. The number of rotatable bonds is 4. The molecular formula is C24H23FN2O2. The van der Waals surface area contributed by atoms with Crippen molar-refractivity contribution < 1.29 is 14.0 Å². The van der Waals surface area contributed by atoms with Crippen molar-refractivity contribution in [1.29, 1.82) is 0 Å². The first kappa shape index (κ1) is 20.3. The maximum Gasteiger partial charge on any atom is 0.255 e. The van der Waals surface area contributed by atoms with E-state index in [9.17, 15) is 14.0 Å². The second-order valence-electron chi connectivity index (χ2n) is 7.82. The smallest absolute Gasteiger partial charge is 0.255 e. The zero-order valence-electron chi connectivity index (χ0n) is 16.6. The average Bonchev–Trinajstić information content (AvgIpc) is 2.69. The largest absolute Gasteiger partial charge is 0.322 e. The predicted octanol–water partition coefficient (Wildman–Crippen LogP) is 5.63. The number of hydrogen-bond acceptors (Lipinski definition) is 2. The van der Waals surface area contributed by atoms with Gasteiger partial charge in [0, 0.05) is 22.5 Å². The van der Waals surface area contributed by atoms with E-state index in [4.69, 9.17) is 0 Å². The first-order valence-electron chi connectivity index (χ1n) is 9.31. The van der Waals surface area contributed by atoms with Gasteiger partial charge < -0.3 is 10.6 Å². The fourth-order valence-corrected chi connectivity index (χ4v) is 2.79. The molecule has 29 heavy (non-hydrogen) atoms. The van der Waals surface area contributed by atoms with Crippen molar-refractivity contribution in [2.24, 2.45) is 0 Å². The molecule has 0 aliphatic heterocycles. The zero-order chi connectivity index (χ0) is 21.0. The van der Waals surface area contributed by atoms with Crippen LogP contribution < -0.4 is 10.6 Å². The van der Waals surface area contributed by atoms with Crippen LogP contribution in [0.2, 0.25) is 0 Å². The van der Waals surface area contributed by atoms with Crippen LogP contribution in [0.3, 0.4) is 0 Å². The molecule has 0 radical (unpaired) electrons. The highest BCUT2D eigenvalue weighted by molar-refractivity contribution is 6.05. The Bertz CT molecular complexity index is 1020. The Morgan fingerprint density at radius 2 is 1.24 bits per heavy atom. The summed E-state index contributed by atoms with van der Waals surface area (Å²) in [6.45, 7) is 6.37. The molecule has 3 aromatic carbocycles. The minimum atomic E-state index is -0.466. The van der Waals surface area contributed by atoms with Crippen molar-refractivity contribution in [1.82, 2.24) is 0 Å². The van der Waals surface area contributed by atoms with Crippen LogP contribution in [0.4, 0.5) is 15.8 Å². The molecule has 0 saturated carbocycles. The molecule has 0 atom stereocenters. The zero-order valence-corrected chi connectivity index (χ0v) is 16.6. The fraction of sp³-hybridized carbons (Fsp3) is 0.167. The van der Waals surface area contributed by atoms with Gasteiger partial charge in [-0.05, 0) is 65.6 Å². The van der Waals surface area contributed by atoms with Gasteiger partial charge >= 0.3 is 0 Å². The summed E-state index contributed by atoms with van der Waals surface area (Å²) >= 11 is 0. The molecule has 0 spiro atoms. The van der Waals surface area contributed by atoms with E-state index in [1.54, 1.807) is 24.3 Å². The fourth-order valence-electron chi connectivity index (χ4n) is 2.79. The second kappa shape index (κ2) is 8.27. The summed E-state index contributed by atoms with van der Waals surface area (Å²) in [5.74, 6) is -1.08. The molecule has 0 saturated heterocycles. The number of carbonyl (C=O) groups excluding carboxylic acids is 2. The third-order valence-electron chi connectivity index (χ3n) is 4.50. The van der Waals surface area contributed by atoms with Crippen molar-refractivity contribution >= 4 is 23.2 Å². The van der Waals surface area contributed by atoms with E-state index in [1.807, 2.05) is 24.3 Å². The number of carbonyl (C=O) groups is 2. The molecule has 0 bridgehead atoms. The Balaban J connectivity index is 1.63. The highest BCUT2D eigenvalue weighted by atomic mass is 19.1. The van der Waals surface area contributed by atoms with Crippen LogP contribution in [-0.4, -0.2) is 11.8 Å². The molecule has 2 amide bonds. The Morgan fingerprint density at radius 3 is 1.72 bits per heavy atom. The molecule has 0 fully saturated rings. The van der Waals surface area contributed by atoms with E-state index in [2.05, 4.69) is 31.4 Å². The summed E-state index contributed by atoms with van der Waals surface area (Å²) in [4.78, 5) is 24.6. The summed E-state index contributed by atoms with van der Waals surface area (Å²) in [5, 5.41) is 5.53. The van der Waals surface area contributed by atoms with Gasteiger partial charge in [0.25, 0.3) is 11.8 Å². The predicted molar refractivity (Wildman–Crippen MR) is 114 cm³/mol. The molecule has 2 N–H and O–H groups in total. The molecule has 0 aromatic heterocycles. The maximum atomic E-state index is 13.2. The molecular weight excluding hydrogens is 367 g/mol. The normalized spacial score (nSPS) is 11.0. The average molecular weight is 390 g/mol. The molecule has 0 aliphatic carbocycles. The molecule has 3 rings (SSSR count). The summed E-state index contributed by atoms with van der Waals surface area (Å²) < 4.78 is 13.2. The van der Waals surface area contributed by atoms with Gasteiger partial charge in [-0.3, -0.25) is 9.59 Å². The van der Waals surface area contributed by atoms with Crippen LogP contribution in [0.5, 0.6) is 0 Å². The SMILES string of the molecule is CC(C)(C)c1ccc(C(=O)Nc2ccc(NC(=O)c3cccc(F)c3)cc2)cc1. The van der Waals surface area contributed by atoms with Gasteiger partial charge in [0.2, 0.25) is 0 Å². The first-order valence-corrected chi connectivity index (χ1v) is 9.31. The number of benzene rings is 3. The lowest BCUT2D eigenvalue weighted by Crippen LogP contribution is -2.14. The van der Waals surface area contributed by atoms with E-state index < -0.39 is 11.7 Å². The van der Waals surface area contributed by atoms with Gasteiger partial charge in [0.15, 0.2) is 0 Å². The first-order chi connectivity index (χ1) is 13.7. The Hall–Kier alpha value is -3.47. The van der Waals surface area contributed by atoms with Crippen LogP contribution in [-0.2, 0) is 5.41 Å². The van der Waals surface area contributed by atoms with Crippen molar-refractivity contribution in [3.63, 3.8) is 0 Å². The van der Waals surface area contributed by atoms with E-state index >= 15 is 0 Å². The van der Waals surface area contributed by atoms with Crippen LogP contribution in [0.1, 0.15) is 47.1 Å². The van der Waals surface area contributed by atoms with E-state index in [0.717, 1.165) is 5.56 Å². The molecule has 3 aromatic rings. The number of halogens is 1. The van der Waals surface area contributed by atoms with Crippen molar-refractivity contribution in [3.8, 4) is 0 Å². The molecule has 4 nitrogen and oxygen atoms in total. The topological polar surface area (TPSA) is 58.2 Å². The number of nitrogens with one attached hydrogen (secondary N) is 2. The van der Waals surface area contributed by atoms with Crippen LogP contribution in [0, 0.1) is 5.82 Å². The molecule has 0 aliphatic rings.